The van der Waals surface area contributed by atoms with Crippen LogP contribution < -0.4 is 24.8 Å². The number of anilines is 2. The molecule has 3 aromatic rings. The van der Waals surface area contributed by atoms with Gasteiger partial charge >= 0.3 is 5.97 Å². The van der Waals surface area contributed by atoms with Gasteiger partial charge in [0.15, 0.2) is 6.61 Å². The number of carbonyl (C=O) groups excluding carboxylic acids is 3. The Hall–Kier alpha value is -4.53. The molecule has 206 valence electrons. The van der Waals surface area contributed by atoms with Crippen LogP contribution in [0.3, 0.4) is 0 Å². The van der Waals surface area contributed by atoms with Crippen molar-refractivity contribution in [2.45, 2.75) is 39.0 Å². The second-order valence-corrected chi connectivity index (χ2v) is 9.72. The molecule has 0 fully saturated rings. The number of hydrogen-bond acceptors (Lipinski definition) is 7. The maximum Gasteiger partial charge on any atom is 0.306 e. The van der Waals surface area contributed by atoms with Gasteiger partial charge in [0.1, 0.15) is 23.0 Å². The van der Waals surface area contributed by atoms with Crippen molar-refractivity contribution in [1.29, 1.82) is 0 Å². The van der Waals surface area contributed by atoms with Gasteiger partial charge in [0.05, 0.1) is 26.3 Å². The molecule has 0 aliphatic carbocycles. The third kappa shape index (κ3) is 9.07. The number of hydrogen-bond donors (Lipinski definition) is 2. The number of amides is 2. The molecule has 0 saturated carbocycles. The van der Waals surface area contributed by atoms with Crippen molar-refractivity contribution in [2.24, 2.45) is 0 Å². The number of benzene rings is 3. The summed E-state index contributed by atoms with van der Waals surface area (Å²) in [4.78, 5) is 36.4. The lowest BCUT2D eigenvalue weighted by Crippen LogP contribution is -2.22. The molecule has 0 bridgehead atoms. The molecule has 0 aliphatic rings. The summed E-state index contributed by atoms with van der Waals surface area (Å²) in [5.74, 6) is 0.763. The second-order valence-electron chi connectivity index (χ2n) is 9.72. The molecule has 0 spiro atoms. The van der Waals surface area contributed by atoms with Gasteiger partial charge in [0, 0.05) is 18.2 Å². The van der Waals surface area contributed by atoms with Gasteiger partial charge in [-0.1, -0.05) is 32.9 Å². The number of ether oxygens (including phenoxy) is 4. The Balaban J connectivity index is 1.39. The number of rotatable bonds is 11. The summed E-state index contributed by atoms with van der Waals surface area (Å²) in [6, 6.07) is 19.8. The number of nitrogens with one attached hydrogen (secondary N) is 2. The van der Waals surface area contributed by atoms with Crippen molar-refractivity contribution < 1.29 is 33.3 Å². The summed E-state index contributed by atoms with van der Waals surface area (Å²) in [6.45, 7) is 5.97. The zero-order valence-corrected chi connectivity index (χ0v) is 22.8. The number of esters is 1. The Labute approximate surface area is 228 Å². The Bertz CT molecular complexity index is 1280. The van der Waals surface area contributed by atoms with Crippen LogP contribution in [0, 0.1) is 0 Å². The van der Waals surface area contributed by atoms with Gasteiger partial charge in [0.25, 0.3) is 5.91 Å². The van der Waals surface area contributed by atoms with Gasteiger partial charge in [-0.3, -0.25) is 14.4 Å². The first kappa shape index (κ1) is 29.0. The molecule has 0 aromatic heterocycles. The Morgan fingerprint density at radius 1 is 0.718 bits per heavy atom. The summed E-state index contributed by atoms with van der Waals surface area (Å²) in [6.07, 6.45) is -0.262. The van der Waals surface area contributed by atoms with E-state index in [4.69, 9.17) is 18.9 Å². The van der Waals surface area contributed by atoms with Crippen molar-refractivity contribution >= 4 is 29.2 Å². The largest absolute Gasteiger partial charge is 0.497 e. The summed E-state index contributed by atoms with van der Waals surface area (Å²) in [5.41, 5.74) is 2.26. The first-order valence-corrected chi connectivity index (χ1v) is 12.4. The van der Waals surface area contributed by atoms with Gasteiger partial charge in [-0.2, -0.15) is 0 Å². The van der Waals surface area contributed by atoms with E-state index in [9.17, 15) is 14.4 Å². The average Bonchev–Trinajstić information content (AvgIpc) is 2.92. The average molecular weight is 535 g/mol. The number of carbonyl (C=O) groups is 3. The molecular weight excluding hydrogens is 500 g/mol. The fraction of sp³-hybridized carbons (Fsp3) is 0.300. The van der Waals surface area contributed by atoms with E-state index in [-0.39, 0.29) is 24.2 Å². The van der Waals surface area contributed by atoms with Crippen LogP contribution in [0.15, 0.2) is 66.7 Å². The predicted octanol–water partition coefficient (Wildman–Crippen LogP) is 5.69. The van der Waals surface area contributed by atoms with Crippen LogP contribution >= 0.6 is 0 Å². The van der Waals surface area contributed by atoms with Gasteiger partial charge in [-0.05, 0) is 59.5 Å². The van der Waals surface area contributed by atoms with E-state index in [1.165, 1.54) is 19.8 Å². The molecule has 0 radical (unpaired) electrons. The standard InChI is InChI=1S/C30H34N2O7/c1-30(2,3)20-6-10-22(11-7-20)39-23-12-8-21(9-13-23)31-27(33)16-17-29(35)38-19-28(34)32-25-15-14-24(36-4)18-26(25)37-5/h6-15,18H,16-17,19H2,1-5H3,(H,31,33)(H,32,34). The van der Waals surface area contributed by atoms with Crippen molar-refractivity contribution in [3.05, 3.63) is 72.3 Å². The molecule has 2 N–H and O–H groups in total. The van der Waals surface area contributed by atoms with Crippen LogP contribution in [0.25, 0.3) is 0 Å². The summed E-state index contributed by atoms with van der Waals surface area (Å²) >= 11 is 0. The van der Waals surface area contributed by atoms with Crippen LogP contribution in [0.5, 0.6) is 23.0 Å². The minimum absolute atomic E-state index is 0.0657. The van der Waals surface area contributed by atoms with Crippen LogP contribution in [0.4, 0.5) is 11.4 Å². The lowest BCUT2D eigenvalue weighted by atomic mass is 9.87. The van der Waals surface area contributed by atoms with Crippen molar-refractivity contribution in [2.75, 3.05) is 31.5 Å². The van der Waals surface area contributed by atoms with Crippen LogP contribution in [-0.4, -0.2) is 38.6 Å². The molecule has 9 heteroatoms. The number of methoxy groups -OCH3 is 2. The maximum absolute atomic E-state index is 12.3. The quantitative estimate of drug-likeness (QED) is 0.304. The maximum atomic E-state index is 12.3. The van der Waals surface area contributed by atoms with Crippen molar-refractivity contribution in [3.8, 4) is 23.0 Å². The smallest absolute Gasteiger partial charge is 0.306 e. The lowest BCUT2D eigenvalue weighted by Gasteiger charge is -2.19. The van der Waals surface area contributed by atoms with E-state index in [2.05, 4.69) is 31.4 Å². The normalized spacial score (nSPS) is 10.8. The highest BCUT2D eigenvalue weighted by atomic mass is 16.5. The molecule has 3 aromatic carbocycles. The molecule has 39 heavy (non-hydrogen) atoms. The van der Waals surface area contributed by atoms with E-state index in [0.29, 0.717) is 28.6 Å². The predicted molar refractivity (Wildman–Crippen MR) is 149 cm³/mol. The molecular formula is C30H34N2O7. The first-order chi connectivity index (χ1) is 18.6. The van der Waals surface area contributed by atoms with Gasteiger partial charge in [-0.25, -0.2) is 0 Å². The highest BCUT2D eigenvalue weighted by Crippen LogP contribution is 2.29. The molecule has 0 unspecified atom stereocenters. The van der Waals surface area contributed by atoms with Gasteiger partial charge < -0.3 is 29.6 Å². The monoisotopic (exact) mass is 534 g/mol. The van der Waals surface area contributed by atoms with E-state index in [1.807, 2.05) is 24.3 Å². The minimum Gasteiger partial charge on any atom is -0.497 e. The molecule has 0 saturated heterocycles. The third-order valence-corrected chi connectivity index (χ3v) is 5.70. The zero-order valence-electron chi connectivity index (χ0n) is 22.8. The van der Waals surface area contributed by atoms with Crippen molar-refractivity contribution in [1.82, 2.24) is 0 Å². The molecule has 0 heterocycles. The van der Waals surface area contributed by atoms with Gasteiger partial charge in [-0.15, -0.1) is 0 Å². The highest BCUT2D eigenvalue weighted by Gasteiger charge is 2.14. The topological polar surface area (TPSA) is 112 Å². The Kier molecular flexibility index (Phi) is 9.92. The first-order valence-electron chi connectivity index (χ1n) is 12.4. The summed E-state index contributed by atoms with van der Waals surface area (Å²) in [5, 5.41) is 5.33. The van der Waals surface area contributed by atoms with E-state index in [1.54, 1.807) is 42.5 Å². The molecule has 0 aliphatic heterocycles. The fourth-order valence-corrected chi connectivity index (χ4v) is 3.51. The Morgan fingerprint density at radius 3 is 1.92 bits per heavy atom. The molecule has 2 amide bonds. The van der Waals surface area contributed by atoms with Crippen LogP contribution in [0.2, 0.25) is 0 Å². The highest BCUT2D eigenvalue weighted by molar-refractivity contribution is 5.95. The summed E-state index contributed by atoms with van der Waals surface area (Å²) in [7, 11) is 2.98. The van der Waals surface area contributed by atoms with Gasteiger partial charge in [0.2, 0.25) is 5.91 Å². The summed E-state index contributed by atoms with van der Waals surface area (Å²) < 4.78 is 21.2. The van der Waals surface area contributed by atoms with E-state index >= 15 is 0 Å². The molecule has 3 rings (SSSR count). The second kappa shape index (κ2) is 13.3. The lowest BCUT2D eigenvalue weighted by molar-refractivity contribution is -0.147. The van der Waals surface area contributed by atoms with Crippen LogP contribution in [-0.2, 0) is 24.5 Å². The van der Waals surface area contributed by atoms with E-state index in [0.717, 1.165) is 5.75 Å². The minimum atomic E-state index is -0.664. The van der Waals surface area contributed by atoms with E-state index < -0.39 is 18.5 Å². The SMILES string of the molecule is COc1ccc(NC(=O)COC(=O)CCC(=O)Nc2ccc(Oc3ccc(C(C)(C)C)cc3)cc2)c(OC)c1. The van der Waals surface area contributed by atoms with Crippen molar-refractivity contribution in [3.63, 3.8) is 0 Å². The fourth-order valence-electron chi connectivity index (χ4n) is 3.51. The third-order valence-electron chi connectivity index (χ3n) is 5.70. The molecule has 9 nitrogen and oxygen atoms in total. The Morgan fingerprint density at radius 2 is 1.33 bits per heavy atom. The molecule has 0 atom stereocenters. The zero-order chi connectivity index (χ0) is 28.4. The van der Waals surface area contributed by atoms with Crippen LogP contribution in [0.1, 0.15) is 39.2 Å².